The van der Waals surface area contributed by atoms with Crippen molar-refractivity contribution >= 4 is 7.60 Å². The molecule has 0 amide bonds. The van der Waals surface area contributed by atoms with E-state index in [1.807, 2.05) is 0 Å². The molecule has 15 heteroatoms. The molecule has 0 radical (unpaired) electrons. The number of hydrogen-bond donors (Lipinski definition) is 6. The Hall–Kier alpha value is -2.19. The number of rotatable bonds is 5. The highest BCUT2D eigenvalue weighted by Gasteiger charge is 2.56. The molecule has 7 unspecified atom stereocenters. The Morgan fingerprint density at radius 3 is 2.71 bits per heavy atom. The van der Waals surface area contributed by atoms with Gasteiger partial charge in [-0.2, -0.15) is 0 Å². The van der Waals surface area contributed by atoms with Crippen molar-refractivity contribution in [2.45, 2.75) is 82.1 Å². The van der Waals surface area contributed by atoms with Crippen molar-refractivity contribution in [1.29, 1.82) is 0 Å². The number of aromatic amines is 2. The fourth-order valence-electron chi connectivity index (χ4n) is 4.30. The standard InChI is InChI=1S/C19H28N5O9P/c1-4-18(3,29)34(30,31)33-19(5-2)8-11-13(25)14(26)15(32-11)12-10(20-17(28)21-16(12)27)9-23-6-7-24(19)22-23/h6-7,11,13-15,25-26,29H,4-5,8-9H2,1-3H3,(H2-,20,21,27,28,30,31)/p+1. The molecule has 2 aliphatic rings. The van der Waals surface area contributed by atoms with E-state index in [1.54, 1.807) is 6.92 Å². The lowest BCUT2D eigenvalue weighted by atomic mass is 9.96. The summed E-state index contributed by atoms with van der Waals surface area (Å²) >= 11 is 0. The summed E-state index contributed by atoms with van der Waals surface area (Å²) in [4.78, 5) is 39.9. The van der Waals surface area contributed by atoms with Crippen LogP contribution in [-0.2, 0) is 26.1 Å². The molecule has 1 saturated heterocycles. The molecule has 14 nitrogen and oxygen atoms in total. The van der Waals surface area contributed by atoms with Gasteiger partial charge in [0, 0.05) is 12.8 Å². The summed E-state index contributed by atoms with van der Waals surface area (Å²) in [5.41, 5.74) is -3.18. The van der Waals surface area contributed by atoms with Crippen LogP contribution in [-0.4, -0.2) is 63.7 Å². The van der Waals surface area contributed by atoms with E-state index in [1.165, 1.54) is 35.6 Å². The van der Waals surface area contributed by atoms with Gasteiger partial charge in [0.05, 0.1) is 22.6 Å². The molecule has 2 aliphatic heterocycles. The van der Waals surface area contributed by atoms with E-state index in [0.717, 1.165) is 0 Å². The molecule has 6 N–H and O–H groups in total. The Morgan fingerprint density at radius 1 is 1.35 bits per heavy atom. The quantitative estimate of drug-likeness (QED) is 0.207. The van der Waals surface area contributed by atoms with Gasteiger partial charge in [0.25, 0.3) is 5.56 Å². The molecule has 4 bridgehead atoms. The lowest BCUT2D eigenvalue weighted by Crippen LogP contribution is -2.47. The van der Waals surface area contributed by atoms with Crippen LogP contribution < -0.4 is 15.9 Å². The second kappa shape index (κ2) is 8.48. The highest BCUT2D eigenvalue weighted by molar-refractivity contribution is 7.54. The normalized spacial score (nSPS) is 32.3. The largest absolute Gasteiger partial charge is 0.388 e. The minimum Gasteiger partial charge on any atom is -0.388 e. The number of H-pyrrole nitrogens is 2. The third-order valence-corrected chi connectivity index (χ3v) is 8.80. The molecular formula is C19H29N5O9P+. The highest BCUT2D eigenvalue weighted by atomic mass is 31.2. The van der Waals surface area contributed by atoms with Crippen LogP contribution in [0.3, 0.4) is 0 Å². The maximum Gasteiger partial charge on any atom is 0.362 e. The first-order valence-electron chi connectivity index (χ1n) is 10.9. The van der Waals surface area contributed by atoms with Crippen LogP contribution in [0.1, 0.15) is 57.4 Å². The SMILES string of the molecule is CCC1(OP(=O)(O)C(C)(O)CC)CC2OC(c3c([nH]c(=O)[nH]c3=O)C[n+]3ccn1n3)C(O)C2O. The number of nitrogens with one attached hydrogen (secondary N) is 2. The number of nitrogens with zero attached hydrogens (tertiary/aromatic N) is 3. The summed E-state index contributed by atoms with van der Waals surface area (Å²) in [6, 6.07) is 0. The van der Waals surface area contributed by atoms with Gasteiger partial charge in [0.2, 0.25) is 5.72 Å². The maximum atomic E-state index is 13.1. The third kappa shape index (κ3) is 3.98. The number of ether oxygens (including phenoxy) is 1. The Labute approximate surface area is 193 Å². The molecule has 0 saturated carbocycles. The van der Waals surface area contributed by atoms with Gasteiger partial charge in [-0.15, -0.1) is 9.36 Å². The Kier molecular flexibility index (Phi) is 6.22. The van der Waals surface area contributed by atoms with Crippen molar-refractivity contribution in [3.63, 3.8) is 0 Å². The lowest BCUT2D eigenvalue weighted by Gasteiger charge is -2.36. The summed E-state index contributed by atoms with van der Waals surface area (Å²) in [6.07, 6.45) is -2.75. The van der Waals surface area contributed by atoms with E-state index >= 15 is 0 Å². The van der Waals surface area contributed by atoms with E-state index in [9.17, 15) is 34.4 Å². The van der Waals surface area contributed by atoms with Crippen LogP contribution in [0, 0.1) is 0 Å². The average Bonchev–Trinajstić information content (AvgIpc) is 3.32. The molecule has 4 rings (SSSR count). The Morgan fingerprint density at radius 2 is 2.06 bits per heavy atom. The van der Waals surface area contributed by atoms with E-state index < -0.39 is 54.3 Å². The van der Waals surface area contributed by atoms with Gasteiger partial charge >= 0.3 is 13.3 Å². The fraction of sp³-hybridized carbons (Fsp3) is 0.684. The monoisotopic (exact) mass is 502 g/mol. The van der Waals surface area contributed by atoms with Gasteiger partial charge in [-0.1, -0.05) is 13.8 Å². The third-order valence-electron chi connectivity index (χ3n) is 6.68. The van der Waals surface area contributed by atoms with Crippen molar-refractivity contribution in [3.8, 4) is 0 Å². The first-order valence-corrected chi connectivity index (χ1v) is 12.5. The van der Waals surface area contributed by atoms with Crippen LogP contribution in [0.2, 0.25) is 0 Å². The van der Waals surface area contributed by atoms with Crippen LogP contribution in [0.15, 0.2) is 22.0 Å². The van der Waals surface area contributed by atoms with Crippen molar-refractivity contribution < 1.29 is 38.7 Å². The number of fused-ring (bicyclic) bond motifs is 6. The molecule has 34 heavy (non-hydrogen) atoms. The lowest BCUT2D eigenvalue weighted by molar-refractivity contribution is -0.749. The van der Waals surface area contributed by atoms with E-state index in [2.05, 4.69) is 15.2 Å². The average molecular weight is 502 g/mol. The molecule has 1 fully saturated rings. The number of hydrogen-bond acceptors (Lipinski definition) is 9. The molecule has 0 aliphatic carbocycles. The zero-order chi connectivity index (χ0) is 25.1. The van der Waals surface area contributed by atoms with Crippen LogP contribution in [0.4, 0.5) is 0 Å². The first-order chi connectivity index (χ1) is 15.8. The van der Waals surface area contributed by atoms with Gasteiger partial charge in [-0.25, -0.2) is 4.79 Å². The second-order valence-corrected chi connectivity index (χ2v) is 11.1. The molecule has 4 heterocycles. The fourth-order valence-corrected chi connectivity index (χ4v) is 5.64. The van der Waals surface area contributed by atoms with Crippen molar-refractivity contribution in [3.05, 3.63) is 44.5 Å². The predicted molar refractivity (Wildman–Crippen MR) is 114 cm³/mol. The number of aromatic nitrogens is 5. The van der Waals surface area contributed by atoms with E-state index in [-0.39, 0.29) is 37.1 Å². The van der Waals surface area contributed by atoms with E-state index in [4.69, 9.17) is 9.26 Å². The summed E-state index contributed by atoms with van der Waals surface area (Å²) < 4.78 is 27.4. The highest BCUT2D eigenvalue weighted by Crippen LogP contribution is 2.60. The summed E-state index contributed by atoms with van der Waals surface area (Å²) in [6.45, 7) is 4.27. The number of aliphatic hydroxyl groups excluding tert-OH is 2. The van der Waals surface area contributed by atoms with Crippen LogP contribution >= 0.6 is 7.60 Å². The topological polar surface area (TPSA) is 204 Å². The Balaban J connectivity index is 1.89. The summed E-state index contributed by atoms with van der Waals surface area (Å²) in [5.74, 6) is 0. The van der Waals surface area contributed by atoms with Crippen LogP contribution in [0.25, 0.3) is 0 Å². The second-order valence-electron chi connectivity index (χ2n) is 8.89. The van der Waals surface area contributed by atoms with Gasteiger partial charge in [0.15, 0.2) is 24.3 Å². The van der Waals surface area contributed by atoms with Crippen LogP contribution in [0.5, 0.6) is 0 Å². The van der Waals surface area contributed by atoms with Crippen molar-refractivity contribution in [2.24, 2.45) is 0 Å². The van der Waals surface area contributed by atoms with Gasteiger partial charge in [0.1, 0.15) is 18.3 Å². The predicted octanol–water partition coefficient (Wildman–Crippen LogP) is -1.46. The summed E-state index contributed by atoms with van der Waals surface area (Å²) in [5, 5.41) is 34.3. The zero-order valence-corrected chi connectivity index (χ0v) is 19.8. The van der Waals surface area contributed by atoms with Crippen molar-refractivity contribution in [2.75, 3.05) is 0 Å². The Bertz CT molecular complexity index is 1240. The number of aliphatic hydroxyl groups is 3. The van der Waals surface area contributed by atoms with Crippen molar-refractivity contribution in [1.82, 2.24) is 19.9 Å². The molecule has 0 aromatic carbocycles. The van der Waals surface area contributed by atoms with E-state index in [0.29, 0.717) is 0 Å². The summed E-state index contributed by atoms with van der Waals surface area (Å²) in [7, 11) is -4.68. The smallest absolute Gasteiger partial charge is 0.362 e. The molecule has 2 aromatic heterocycles. The molecule has 0 spiro atoms. The molecule has 188 valence electrons. The van der Waals surface area contributed by atoms with Gasteiger partial charge < -0.3 is 29.9 Å². The molecule has 7 atom stereocenters. The molecular weight excluding hydrogens is 473 g/mol. The van der Waals surface area contributed by atoms with Gasteiger partial charge in [-0.3, -0.25) is 18.9 Å². The first kappa shape index (κ1) is 24.9. The zero-order valence-electron chi connectivity index (χ0n) is 18.9. The maximum absolute atomic E-state index is 13.1. The molecule has 2 aromatic rings. The van der Waals surface area contributed by atoms with Gasteiger partial charge in [-0.05, 0) is 13.3 Å². The minimum atomic E-state index is -4.68. The minimum absolute atomic E-state index is 0.0662.